The topological polar surface area (TPSA) is 12.0 Å². The van der Waals surface area contributed by atoms with Gasteiger partial charge in [-0.15, -0.1) is 11.8 Å². The summed E-state index contributed by atoms with van der Waals surface area (Å²) in [6.07, 6.45) is 0. The summed E-state index contributed by atoms with van der Waals surface area (Å²) in [6.45, 7) is 2.11. The van der Waals surface area contributed by atoms with Crippen LogP contribution in [0.4, 0.5) is 5.69 Å². The number of fused-ring (bicyclic) bond motifs is 1. The van der Waals surface area contributed by atoms with Crippen molar-refractivity contribution in [3.63, 3.8) is 0 Å². The van der Waals surface area contributed by atoms with E-state index in [0.29, 0.717) is 6.04 Å². The zero-order valence-corrected chi connectivity index (χ0v) is 12.5. The second-order valence-corrected chi connectivity index (χ2v) is 6.45. The predicted octanol–water partition coefficient (Wildman–Crippen LogP) is 5.02. The molecule has 0 spiro atoms. The number of hydrogen-bond acceptors (Lipinski definition) is 2. The van der Waals surface area contributed by atoms with Crippen LogP contribution in [0, 0.1) is 6.92 Å². The first-order chi connectivity index (χ1) is 8.74. The van der Waals surface area contributed by atoms with E-state index >= 15 is 0 Å². The molecule has 0 aliphatic carbocycles. The van der Waals surface area contributed by atoms with Gasteiger partial charge in [-0.2, -0.15) is 0 Å². The summed E-state index contributed by atoms with van der Waals surface area (Å²) in [6, 6.07) is 15.5. The van der Waals surface area contributed by atoms with E-state index in [9.17, 15) is 0 Å². The van der Waals surface area contributed by atoms with Crippen molar-refractivity contribution in [1.82, 2.24) is 0 Å². The monoisotopic (exact) mass is 319 g/mol. The molecule has 0 bridgehead atoms. The lowest BCUT2D eigenvalue weighted by Crippen LogP contribution is -2.10. The average molecular weight is 320 g/mol. The number of halogens is 1. The highest BCUT2D eigenvalue weighted by atomic mass is 79.9. The molecule has 1 N–H and O–H groups in total. The van der Waals surface area contributed by atoms with Crippen LogP contribution in [-0.2, 0) is 0 Å². The van der Waals surface area contributed by atoms with Gasteiger partial charge in [-0.1, -0.05) is 24.3 Å². The fourth-order valence-electron chi connectivity index (χ4n) is 2.21. The van der Waals surface area contributed by atoms with Gasteiger partial charge in [0.05, 0.1) is 6.04 Å². The van der Waals surface area contributed by atoms with Gasteiger partial charge in [0, 0.05) is 20.8 Å². The number of benzene rings is 2. The Kier molecular flexibility index (Phi) is 3.35. The molecule has 2 aromatic carbocycles. The smallest absolute Gasteiger partial charge is 0.0619 e. The molecule has 1 heterocycles. The van der Waals surface area contributed by atoms with Gasteiger partial charge in [0.15, 0.2) is 0 Å². The highest BCUT2D eigenvalue weighted by Gasteiger charge is 2.22. The highest BCUT2D eigenvalue weighted by Crippen LogP contribution is 2.40. The first-order valence-corrected chi connectivity index (χ1v) is 7.76. The summed E-state index contributed by atoms with van der Waals surface area (Å²) in [5.41, 5.74) is 3.85. The third kappa shape index (κ3) is 2.29. The van der Waals surface area contributed by atoms with Gasteiger partial charge in [-0.05, 0) is 52.2 Å². The fourth-order valence-corrected chi connectivity index (χ4v) is 3.98. The summed E-state index contributed by atoms with van der Waals surface area (Å²) in [5, 5.41) is 3.62. The molecule has 1 aliphatic rings. The minimum absolute atomic E-state index is 0.408. The Balaban J connectivity index is 1.86. The zero-order chi connectivity index (χ0) is 12.5. The van der Waals surface area contributed by atoms with Gasteiger partial charge >= 0.3 is 0 Å². The molecule has 0 aromatic heterocycles. The van der Waals surface area contributed by atoms with Crippen LogP contribution in [-0.4, -0.2) is 5.75 Å². The van der Waals surface area contributed by atoms with Crippen molar-refractivity contribution in [2.24, 2.45) is 0 Å². The summed E-state index contributed by atoms with van der Waals surface area (Å²) < 4.78 is 1.14. The van der Waals surface area contributed by atoms with Crippen molar-refractivity contribution in [3.8, 4) is 0 Å². The Morgan fingerprint density at radius 2 is 2.06 bits per heavy atom. The molecule has 2 aromatic rings. The second-order valence-electron chi connectivity index (χ2n) is 4.53. The normalized spacial score (nSPS) is 17.6. The quantitative estimate of drug-likeness (QED) is 0.834. The van der Waals surface area contributed by atoms with E-state index in [0.717, 1.165) is 10.2 Å². The summed E-state index contributed by atoms with van der Waals surface area (Å²) in [5.74, 6) is 1.10. The van der Waals surface area contributed by atoms with Gasteiger partial charge in [0.1, 0.15) is 0 Å². The van der Waals surface area contributed by atoms with Crippen molar-refractivity contribution < 1.29 is 0 Å². The molecule has 18 heavy (non-hydrogen) atoms. The molecule has 1 aliphatic heterocycles. The summed E-state index contributed by atoms with van der Waals surface area (Å²) in [4.78, 5) is 1.40. The predicted molar refractivity (Wildman–Crippen MR) is 82.4 cm³/mol. The average Bonchev–Trinajstić information content (AvgIpc) is 2.76. The first kappa shape index (κ1) is 12.1. The van der Waals surface area contributed by atoms with Gasteiger partial charge in [-0.3, -0.25) is 0 Å². The van der Waals surface area contributed by atoms with Crippen LogP contribution in [0.1, 0.15) is 17.2 Å². The van der Waals surface area contributed by atoms with Crippen LogP contribution in [0.3, 0.4) is 0 Å². The van der Waals surface area contributed by atoms with E-state index < -0.39 is 0 Å². The molecule has 0 fully saturated rings. The summed E-state index contributed by atoms with van der Waals surface area (Å²) >= 11 is 5.55. The maximum Gasteiger partial charge on any atom is 0.0619 e. The van der Waals surface area contributed by atoms with Crippen LogP contribution in [0.2, 0.25) is 0 Å². The van der Waals surface area contributed by atoms with Gasteiger partial charge in [-0.25, -0.2) is 0 Å². The number of nitrogens with one attached hydrogen (secondary N) is 1. The molecule has 0 amide bonds. The Bertz CT molecular complexity index is 582. The molecular formula is C15H14BrNS. The maximum absolute atomic E-state index is 3.63. The minimum Gasteiger partial charge on any atom is -0.376 e. The maximum atomic E-state index is 3.63. The van der Waals surface area contributed by atoms with Crippen LogP contribution in [0.15, 0.2) is 51.8 Å². The molecule has 0 saturated heterocycles. The molecule has 1 unspecified atom stereocenters. The van der Waals surface area contributed by atoms with Crippen molar-refractivity contribution in [2.75, 3.05) is 11.1 Å². The van der Waals surface area contributed by atoms with Gasteiger partial charge < -0.3 is 5.32 Å². The van der Waals surface area contributed by atoms with E-state index in [-0.39, 0.29) is 0 Å². The number of anilines is 1. The highest BCUT2D eigenvalue weighted by molar-refractivity contribution is 9.10. The lowest BCUT2D eigenvalue weighted by molar-refractivity contribution is 0.899. The van der Waals surface area contributed by atoms with Crippen molar-refractivity contribution in [1.29, 1.82) is 0 Å². The van der Waals surface area contributed by atoms with Crippen LogP contribution >= 0.6 is 27.7 Å². The molecular weight excluding hydrogens is 306 g/mol. The Morgan fingerprint density at radius 1 is 1.22 bits per heavy atom. The Hall–Kier alpha value is -0.930. The van der Waals surface area contributed by atoms with E-state index in [1.54, 1.807) is 0 Å². The molecule has 1 nitrogen and oxygen atoms in total. The van der Waals surface area contributed by atoms with E-state index in [2.05, 4.69) is 70.6 Å². The SMILES string of the molecule is Cc1ccc(NC2CSc3ccccc32)c(Br)c1. The number of aryl methyl sites for hydroxylation is 1. The van der Waals surface area contributed by atoms with E-state index in [1.165, 1.54) is 21.7 Å². The number of hydrogen-bond donors (Lipinski definition) is 1. The Morgan fingerprint density at radius 3 is 2.89 bits per heavy atom. The minimum atomic E-state index is 0.408. The van der Waals surface area contributed by atoms with Crippen LogP contribution in [0.25, 0.3) is 0 Å². The van der Waals surface area contributed by atoms with Crippen molar-refractivity contribution in [2.45, 2.75) is 17.9 Å². The van der Waals surface area contributed by atoms with E-state index in [4.69, 9.17) is 0 Å². The molecule has 92 valence electrons. The summed E-state index contributed by atoms with van der Waals surface area (Å²) in [7, 11) is 0. The van der Waals surface area contributed by atoms with Crippen molar-refractivity contribution >= 4 is 33.4 Å². The molecule has 1 atom stereocenters. The van der Waals surface area contributed by atoms with E-state index in [1.807, 2.05) is 11.8 Å². The molecule has 3 rings (SSSR count). The third-order valence-electron chi connectivity index (χ3n) is 3.15. The third-order valence-corrected chi connectivity index (χ3v) is 4.99. The molecule has 0 saturated carbocycles. The van der Waals surface area contributed by atoms with Crippen molar-refractivity contribution in [3.05, 3.63) is 58.1 Å². The lowest BCUT2D eigenvalue weighted by atomic mass is 10.1. The number of rotatable bonds is 2. The second kappa shape index (κ2) is 4.98. The Labute approximate surface area is 120 Å². The number of thioether (sulfide) groups is 1. The molecule has 0 radical (unpaired) electrons. The largest absolute Gasteiger partial charge is 0.376 e. The van der Waals surface area contributed by atoms with Crippen LogP contribution in [0.5, 0.6) is 0 Å². The van der Waals surface area contributed by atoms with Gasteiger partial charge in [0.2, 0.25) is 0 Å². The zero-order valence-electron chi connectivity index (χ0n) is 10.1. The fraction of sp³-hybridized carbons (Fsp3) is 0.200. The lowest BCUT2D eigenvalue weighted by Gasteiger charge is -2.16. The van der Waals surface area contributed by atoms with Gasteiger partial charge in [0.25, 0.3) is 0 Å². The first-order valence-electron chi connectivity index (χ1n) is 5.98. The van der Waals surface area contributed by atoms with Crippen LogP contribution < -0.4 is 5.32 Å². The standard InChI is InChI=1S/C15H14BrNS/c1-10-6-7-13(12(16)8-10)17-14-9-18-15-5-3-2-4-11(14)15/h2-8,14,17H,9H2,1H3. The molecule has 3 heteroatoms.